The van der Waals surface area contributed by atoms with Crippen molar-refractivity contribution in [3.63, 3.8) is 0 Å². The van der Waals surface area contributed by atoms with E-state index < -0.39 is 5.60 Å². The van der Waals surface area contributed by atoms with Crippen LogP contribution in [0.15, 0.2) is 28.7 Å². The quantitative estimate of drug-likeness (QED) is 0.698. The number of carbonyl (C=O) groups is 3. The van der Waals surface area contributed by atoms with E-state index in [0.29, 0.717) is 18.5 Å². The lowest BCUT2D eigenvalue weighted by Crippen LogP contribution is -2.38. The van der Waals surface area contributed by atoms with Crippen molar-refractivity contribution in [3.8, 4) is 0 Å². The summed E-state index contributed by atoms with van der Waals surface area (Å²) in [6.07, 6.45) is 0.760. The lowest BCUT2D eigenvalue weighted by Gasteiger charge is -2.20. The van der Waals surface area contributed by atoms with Crippen LogP contribution in [0.1, 0.15) is 44.0 Å². The molecule has 25 heavy (non-hydrogen) atoms. The standard InChI is InChI=1S/C18H25BrN2O4/c1-18(2,3)25-16(23)9-6-10-21(4)15(22)12-20-17(24)13-7-5-8-14(19)11-13/h5,7-8,11H,6,9-10,12H2,1-4H3,(H,20,24). The van der Waals surface area contributed by atoms with Crippen molar-refractivity contribution in [2.24, 2.45) is 0 Å². The Morgan fingerprint density at radius 1 is 1.24 bits per heavy atom. The molecule has 0 atom stereocenters. The molecule has 0 aromatic heterocycles. The molecule has 1 aromatic carbocycles. The Labute approximate surface area is 157 Å². The lowest BCUT2D eigenvalue weighted by atomic mass is 10.2. The highest BCUT2D eigenvalue weighted by atomic mass is 79.9. The topological polar surface area (TPSA) is 75.7 Å². The predicted molar refractivity (Wildman–Crippen MR) is 99.2 cm³/mol. The Morgan fingerprint density at radius 3 is 2.52 bits per heavy atom. The number of nitrogens with zero attached hydrogens (tertiary/aromatic N) is 1. The first-order chi connectivity index (χ1) is 11.6. The van der Waals surface area contributed by atoms with E-state index in [-0.39, 0.29) is 30.7 Å². The number of amides is 2. The van der Waals surface area contributed by atoms with Gasteiger partial charge in [0.1, 0.15) is 5.60 Å². The number of hydrogen-bond acceptors (Lipinski definition) is 4. The van der Waals surface area contributed by atoms with Crippen molar-refractivity contribution < 1.29 is 19.1 Å². The maximum absolute atomic E-state index is 12.0. The van der Waals surface area contributed by atoms with Crippen LogP contribution in [0, 0.1) is 0 Å². The first kappa shape index (κ1) is 21.2. The van der Waals surface area contributed by atoms with Crippen molar-refractivity contribution in [3.05, 3.63) is 34.3 Å². The van der Waals surface area contributed by atoms with Crippen molar-refractivity contribution in [2.75, 3.05) is 20.1 Å². The normalized spacial score (nSPS) is 10.9. The van der Waals surface area contributed by atoms with Crippen LogP contribution in [0.25, 0.3) is 0 Å². The highest BCUT2D eigenvalue weighted by molar-refractivity contribution is 9.10. The van der Waals surface area contributed by atoms with Gasteiger partial charge >= 0.3 is 5.97 Å². The van der Waals surface area contributed by atoms with E-state index in [1.807, 2.05) is 26.8 Å². The molecule has 0 unspecified atom stereocenters. The molecule has 0 spiro atoms. The third-order valence-electron chi connectivity index (χ3n) is 3.21. The van der Waals surface area contributed by atoms with Crippen molar-refractivity contribution >= 4 is 33.7 Å². The van der Waals surface area contributed by atoms with Crippen LogP contribution in [-0.4, -0.2) is 48.4 Å². The number of benzene rings is 1. The van der Waals surface area contributed by atoms with Crippen molar-refractivity contribution in [2.45, 2.75) is 39.2 Å². The average Bonchev–Trinajstić information content (AvgIpc) is 2.50. The second-order valence-electron chi connectivity index (χ2n) is 6.70. The van der Waals surface area contributed by atoms with Crippen molar-refractivity contribution in [1.82, 2.24) is 10.2 Å². The first-order valence-electron chi connectivity index (χ1n) is 8.08. The van der Waals surface area contributed by atoms with Gasteiger partial charge in [-0.3, -0.25) is 14.4 Å². The molecule has 0 aliphatic rings. The number of rotatable bonds is 7. The fraction of sp³-hybridized carbons (Fsp3) is 0.500. The highest BCUT2D eigenvalue weighted by Crippen LogP contribution is 2.11. The SMILES string of the molecule is CN(CCCC(=O)OC(C)(C)C)C(=O)CNC(=O)c1cccc(Br)c1. The summed E-state index contributed by atoms with van der Waals surface area (Å²) in [4.78, 5) is 37.1. The van der Waals surface area contributed by atoms with Gasteiger partial charge in [0.2, 0.25) is 5.91 Å². The van der Waals surface area contributed by atoms with Gasteiger partial charge < -0.3 is 15.0 Å². The zero-order chi connectivity index (χ0) is 19.0. The summed E-state index contributed by atoms with van der Waals surface area (Å²) in [6.45, 7) is 5.77. The van der Waals surface area contributed by atoms with Gasteiger partial charge in [0, 0.05) is 30.0 Å². The van der Waals surface area contributed by atoms with E-state index in [1.54, 1.807) is 25.2 Å². The molecule has 0 aliphatic heterocycles. The second-order valence-corrected chi connectivity index (χ2v) is 7.61. The molecule has 0 aliphatic carbocycles. The number of hydrogen-bond donors (Lipinski definition) is 1. The Hall–Kier alpha value is -1.89. The van der Waals surface area contributed by atoms with Crippen LogP contribution in [0.4, 0.5) is 0 Å². The summed E-state index contributed by atoms with van der Waals surface area (Å²) >= 11 is 3.30. The van der Waals surface area contributed by atoms with E-state index in [4.69, 9.17) is 4.74 Å². The maximum atomic E-state index is 12.0. The van der Waals surface area contributed by atoms with E-state index in [0.717, 1.165) is 4.47 Å². The number of likely N-dealkylation sites (N-methyl/N-ethyl adjacent to an activating group) is 1. The molecule has 7 heteroatoms. The number of ether oxygens (including phenoxy) is 1. The zero-order valence-electron chi connectivity index (χ0n) is 15.1. The summed E-state index contributed by atoms with van der Waals surface area (Å²) in [5.41, 5.74) is -0.0232. The summed E-state index contributed by atoms with van der Waals surface area (Å²) in [7, 11) is 1.64. The predicted octanol–water partition coefficient (Wildman–Crippen LogP) is 2.76. The highest BCUT2D eigenvalue weighted by Gasteiger charge is 2.17. The average molecular weight is 413 g/mol. The molecule has 0 saturated heterocycles. The zero-order valence-corrected chi connectivity index (χ0v) is 16.7. The smallest absolute Gasteiger partial charge is 0.306 e. The second kappa shape index (κ2) is 9.56. The fourth-order valence-corrected chi connectivity index (χ4v) is 2.40. The van der Waals surface area contributed by atoms with Crippen LogP contribution < -0.4 is 5.32 Å². The molecule has 0 heterocycles. The molecule has 2 amide bonds. The van der Waals surface area contributed by atoms with E-state index in [2.05, 4.69) is 21.2 Å². The molecule has 0 radical (unpaired) electrons. The monoisotopic (exact) mass is 412 g/mol. The molecule has 1 aromatic rings. The largest absolute Gasteiger partial charge is 0.460 e. The first-order valence-corrected chi connectivity index (χ1v) is 8.87. The van der Waals surface area contributed by atoms with Gasteiger partial charge in [-0.1, -0.05) is 22.0 Å². The van der Waals surface area contributed by atoms with Gasteiger partial charge in [0.05, 0.1) is 6.54 Å². The van der Waals surface area contributed by atoms with Crippen LogP contribution >= 0.6 is 15.9 Å². The summed E-state index contributed by atoms with van der Waals surface area (Å²) < 4.78 is 6.01. The van der Waals surface area contributed by atoms with Crippen LogP contribution in [0.3, 0.4) is 0 Å². The minimum Gasteiger partial charge on any atom is -0.460 e. The fourth-order valence-electron chi connectivity index (χ4n) is 2.00. The Balaban J connectivity index is 2.32. The van der Waals surface area contributed by atoms with Crippen LogP contribution in [0.5, 0.6) is 0 Å². The van der Waals surface area contributed by atoms with Crippen LogP contribution in [-0.2, 0) is 14.3 Å². The van der Waals surface area contributed by atoms with Crippen LogP contribution in [0.2, 0.25) is 0 Å². The Kier molecular flexibility index (Phi) is 8.09. The minimum atomic E-state index is -0.504. The van der Waals surface area contributed by atoms with Gasteiger partial charge in [0.25, 0.3) is 5.91 Å². The summed E-state index contributed by atoms with van der Waals surface area (Å²) in [5.74, 6) is -0.805. The lowest BCUT2D eigenvalue weighted by molar-refractivity contribution is -0.155. The Morgan fingerprint density at radius 2 is 1.92 bits per heavy atom. The van der Waals surface area contributed by atoms with Gasteiger partial charge in [-0.05, 0) is 45.4 Å². The maximum Gasteiger partial charge on any atom is 0.306 e. The summed E-state index contributed by atoms with van der Waals surface area (Å²) in [5, 5.41) is 2.59. The van der Waals surface area contributed by atoms with E-state index in [1.165, 1.54) is 4.90 Å². The number of carbonyl (C=O) groups excluding carboxylic acids is 3. The molecular formula is C18H25BrN2O4. The number of halogens is 1. The molecule has 1 N–H and O–H groups in total. The molecule has 6 nitrogen and oxygen atoms in total. The third-order valence-corrected chi connectivity index (χ3v) is 3.70. The van der Waals surface area contributed by atoms with E-state index >= 15 is 0 Å². The Bertz CT molecular complexity index is 626. The molecule has 1 rings (SSSR count). The van der Waals surface area contributed by atoms with Gasteiger partial charge in [-0.25, -0.2) is 0 Å². The van der Waals surface area contributed by atoms with E-state index in [9.17, 15) is 14.4 Å². The minimum absolute atomic E-state index is 0.0890. The number of esters is 1. The van der Waals surface area contributed by atoms with Gasteiger partial charge in [-0.2, -0.15) is 0 Å². The molecule has 0 saturated carbocycles. The van der Waals surface area contributed by atoms with Gasteiger partial charge in [-0.15, -0.1) is 0 Å². The van der Waals surface area contributed by atoms with Crippen molar-refractivity contribution in [1.29, 1.82) is 0 Å². The molecule has 0 bridgehead atoms. The molecular weight excluding hydrogens is 388 g/mol. The summed E-state index contributed by atoms with van der Waals surface area (Å²) in [6, 6.07) is 6.93. The van der Waals surface area contributed by atoms with Gasteiger partial charge in [0.15, 0.2) is 0 Å². The molecule has 138 valence electrons. The number of nitrogens with one attached hydrogen (secondary N) is 1. The third kappa shape index (κ3) is 8.67. The molecule has 0 fully saturated rings.